The molecule has 2 heterocycles. The maximum absolute atomic E-state index is 13.0. The van der Waals surface area contributed by atoms with Gasteiger partial charge in [0.2, 0.25) is 11.8 Å². The lowest BCUT2D eigenvalue weighted by Gasteiger charge is -2.36. The summed E-state index contributed by atoms with van der Waals surface area (Å²) in [6.07, 6.45) is 4.91. The lowest BCUT2D eigenvalue weighted by Crippen LogP contribution is -2.53. The molecule has 3 amide bonds. The third kappa shape index (κ3) is 5.34. The molecule has 4 rings (SSSR count). The zero-order chi connectivity index (χ0) is 21.8. The zero-order valence-corrected chi connectivity index (χ0v) is 17.8. The lowest BCUT2D eigenvalue weighted by atomic mass is 9.88. The van der Waals surface area contributed by atoms with Gasteiger partial charge < -0.3 is 20.0 Å². The highest BCUT2D eigenvalue weighted by molar-refractivity contribution is 5.97. The number of amides is 3. The van der Waals surface area contributed by atoms with E-state index in [2.05, 4.69) is 10.6 Å². The molecule has 31 heavy (non-hydrogen) atoms. The number of carbonyl (C=O) groups is 3. The van der Waals surface area contributed by atoms with Crippen LogP contribution in [0.1, 0.15) is 47.4 Å². The van der Waals surface area contributed by atoms with Gasteiger partial charge in [-0.15, -0.1) is 0 Å². The smallest absolute Gasteiger partial charge is 0.251 e. The van der Waals surface area contributed by atoms with Crippen molar-refractivity contribution in [2.75, 3.05) is 13.1 Å². The van der Waals surface area contributed by atoms with Crippen LogP contribution in [0.5, 0.6) is 0 Å². The van der Waals surface area contributed by atoms with Crippen molar-refractivity contribution < 1.29 is 18.8 Å². The van der Waals surface area contributed by atoms with Crippen LogP contribution in [0.2, 0.25) is 0 Å². The Hall–Kier alpha value is -3.09. The molecule has 0 spiro atoms. The van der Waals surface area contributed by atoms with Crippen molar-refractivity contribution in [1.82, 2.24) is 15.5 Å². The number of rotatable bonds is 7. The summed E-state index contributed by atoms with van der Waals surface area (Å²) >= 11 is 0. The number of likely N-dealkylation sites (tertiary alicyclic amines) is 1. The van der Waals surface area contributed by atoms with Gasteiger partial charge in [-0.05, 0) is 62.8 Å². The van der Waals surface area contributed by atoms with E-state index in [-0.39, 0.29) is 36.1 Å². The number of furan rings is 1. The van der Waals surface area contributed by atoms with Crippen LogP contribution in [-0.2, 0) is 16.1 Å². The first-order valence-electron chi connectivity index (χ1n) is 11.0. The van der Waals surface area contributed by atoms with E-state index in [4.69, 9.17) is 4.42 Å². The third-order valence-corrected chi connectivity index (χ3v) is 6.15. The summed E-state index contributed by atoms with van der Waals surface area (Å²) in [6.45, 7) is 3.48. The molecule has 1 unspecified atom stereocenters. The van der Waals surface area contributed by atoms with Crippen molar-refractivity contribution in [3.05, 3.63) is 59.5 Å². The van der Waals surface area contributed by atoms with Gasteiger partial charge in [-0.1, -0.05) is 17.7 Å². The number of nitrogens with one attached hydrogen (secondary N) is 2. The fraction of sp³-hybridized carbons (Fsp3) is 0.458. The van der Waals surface area contributed by atoms with Crippen LogP contribution in [0.15, 0.2) is 47.1 Å². The Labute approximate surface area is 182 Å². The van der Waals surface area contributed by atoms with E-state index in [1.54, 1.807) is 30.5 Å². The van der Waals surface area contributed by atoms with Gasteiger partial charge in [0.15, 0.2) is 0 Å². The van der Waals surface area contributed by atoms with Gasteiger partial charge in [-0.25, -0.2) is 0 Å². The Bertz CT molecular complexity index is 911. The van der Waals surface area contributed by atoms with Crippen LogP contribution in [0, 0.1) is 18.8 Å². The molecule has 1 aromatic heterocycles. The topological polar surface area (TPSA) is 91.7 Å². The molecular weight excluding hydrogens is 394 g/mol. The van der Waals surface area contributed by atoms with Crippen molar-refractivity contribution in [1.29, 1.82) is 0 Å². The average Bonchev–Trinajstić information content (AvgIpc) is 3.51. The number of hydrogen-bond acceptors (Lipinski definition) is 4. The van der Waals surface area contributed by atoms with Gasteiger partial charge in [0, 0.05) is 24.6 Å². The second kappa shape index (κ2) is 9.37. The summed E-state index contributed by atoms with van der Waals surface area (Å²) in [5.41, 5.74) is 1.59. The quantitative estimate of drug-likeness (QED) is 0.716. The normalized spacial score (nSPS) is 17.8. The highest BCUT2D eigenvalue weighted by Gasteiger charge is 2.38. The molecule has 7 nitrogen and oxygen atoms in total. The Balaban J connectivity index is 1.42. The van der Waals surface area contributed by atoms with E-state index in [1.807, 2.05) is 24.0 Å². The molecule has 1 aliphatic carbocycles. The van der Waals surface area contributed by atoms with Crippen molar-refractivity contribution in [3.63, 3.8) is 0 Å². The number of hydrogen-bond donors (Lipinski definition) is 2. The van der Waals surface area contributed by atoms with Crippen molar-refractivity contribution in [3.8, 4) is 0 Å². The van der Waals surface area contributed by atoms with E-state index in [0.29, 0.717) is 37.3 Å². The van der Waals surface area contributed by atoms with Crippen LogP contribution < -0.4 is 10.6 Å². The molecular formula is C24H29N3O4. The molecule has 164 valence electrons. The van der Waals surface area contributed by atoms with E-state index in [9.17, 15) is 14.4 Å². The first kappa shape index (κ1) is 21.2. The molecule has 1 aromatic carbocycles. The SMILES string of the molecule is Cc1ccc(C(=O)NC(C(=O)NCc2ccco2)C2CCN(C(=O)C3CC3)CC2)cc1. The van der Waals surface area contributed by atoms with Gasteiger partial charge in [-0.3, -0.25) is 14.4 Å². The largest absolute Gasteiger partial charge is 0.467 e. The molecule has 2 fully saturated rings. The fourth-order valence-corrected chi connectivity index (χ4v) is 4.07. The number of carbonyl (C=O) groups excluding carboxylic acids is 3. The van der Waals surface area contributed by atoms with Crippen LogP contribution in [-0.4, -0.2) is 41.8 Å². The number of nitrogens with zero attached hydrogens (tertiary/aromatic N) is 1. The predicted octanol–water partition coefficient (Wildman–Crippen LogP) is 2.65. The fourth-order valence-electron chi connectivity index (χ4n) is 4.07. The molecule has 0 radical (unpaired) electrons. The summed E-state index contributed by atoms with van der Waals surface area (Å²) in [7, 11) is 0. The molecule has 2 N–H and O–H groups in total. The Morgan fingerprint density at radius 2 is 1.77 bits per heavy atom. The minimum absolute atomic E-state index is 0.0331. The van der Waals surface area contributed by atoms with Gasteiger partial charge in [0.25, 0.3) is 5.91 Å². The molecule has 7 heteroatoms. The summed E-state index contributed by atoms with van der Waals surface area (Å²) in [5, 5.41) is 5.83. The summed E-state index contributed by atoms with van der Waals surface area (Å²) in [4.78, 5) is 40.2. The highest BCUT2D eigenvalue weighted by Crippen LogP contribution is 2.33. The van der Waals surface area contributed by atoms with Gasteiger partial charge >= 0.3 is 0 Å². The number of piperidine rings is 1. The Kier molecular flexibility index (Phi) is 6.39. The van der Waals surface area contributed by atoms with E-state index < -0.39 is 6.04 Å². The molecule has 1 saturated heterocycles. The Morgan fingerprint density at radius 3 is 2.39 bits per heavy atom. The molecule has 0 bridgehead atoms. The first-order chi connectivity index (χ1) is 15.0. The highest BCUT2D eigenvalue weighted by atomic mass is 16.3. The van der Waals surface area contributed by atoms with E-state index in [1.165, 1.54) is 0 Å². The minimum Gasteiger partial charge on any atom is -0.467 e. The van der Waals surface area contributed by atoms with Crippen LogP contribution in [0.25, 0.3) is 0 Å². The zero-order valence-electron chi connectivity index (χ0n) is 17.8. The maximum Gasteiger partial charge on any atom is 0.251 e. The lowest BCUT2D eigenvalue weighted by molar-refractivity contribution is -0.134. The first-order valence-corrected chi connectivity index (χ1v) is 11.0. The Morgan fingerprint density at radius 1 is 1.06 bits per heavy atom. The minimum atomic E-state index is -0.665. The van der Waals surface area contributed by atoms with Crippen LogP contribution in [0.4, 0.5) is 0 Å². The van der Waals surface area contributed by atoms with Gasteiger partial charge in [-0.2, -0.15) is 0 Å². The molecule has 1 atom stereocenters. The molecule has 1 aliphatic heterocycles. The van der Waals surface area contributed by atoms with E-state index >= 15 is 0 Å². The van der Waals surface area contributed by atoms with Crippen LogP contribution >= 0.6 is 0 Å². The number of benzene rings is 1. The second-order valence-corrected chi connectivity index (χ2v) is 8.55. The third-order valence-electron chi connectivity index (χ3n) is 6.15. The van der Waals surface area contributed by atoms with Gasteiger partial charge in [0.05, 0.1) is 12.8 Å². The monoisotopic (exact) mass is 423 g/mol. The molecule has 2 aromatic rings. The number of aryl methyl sites for hydroxylation is 1. The summed E-state index contributed by atoms with van der Waals surface area (Å²) in [5.74, 6) is 0.556. The standard InChI is InChI=1S/C24H29N3O4/c1-16-4-6-18(7-5-16)22(28)26-21(23(29)25-15-20-3-2-14-31-20)17-10-12-27(13-11-17)24(30)19-8-9-19/h2-7,14,17,19,21H,8-13,15H2,1H3,(H,25,29)(H,26,28). The van der Waals surface area contributed by atoms with Crippen molar-refractivity contribution >= 4 is 17.7 Å². The van der Waals surface area contributed by atoms with Crippen molar-refractivity contribution in [2.24, 2.45) is 11.8 Å². The summed E-state index contributed by atoms with van der Waals surface area (Å²) < 4.78 is 5.29. The molecule has 2 aliphatic rings. The van der Waals surface area contributed by atoms with Crippen LogP contribution in [0.3, 0.4) is 0 Å². The maximum atomic E-state index is 13.0. The second-order valence-electron chi connectivity index (χ2n) is 8.55. The molecule has 1 saturated carbocycles. The van der Waals surface area contributed by atoms with E-state index in [0.717, 1.165) is 18.4 Å². The summed E-state index contributed by atoms with van der Waals surface area (Å²) in [6, 6.07) is 10.2. The van der Waals surface area contributed by atoms with Crippen molar-refractivity contribution in [2.45, 2.75) is 45.2 Å². The van der Waals surface area contributed by atoms with Gasteiger partial charge in [0.1, 0.15) is 11.8 Å². The average molecular weight is 424 g/mol. The predicted molar refractivity (Wildman–Crippen MR) is 115 cm³/mol.